The first-order chi connectivity index (χ1) is 15.2. The first-order valence-electron chi connectivity index (χ1n) is 9.94. The van der Waals surface area contributed by atoms with Crippen molar-refractivity contribution in [3.8, 4) is 5.69 Å². The second kappa shape index (κ2) is 8.16. The van der Waals surface area contributed by atoms with Crippen LogP contribution in [0.2, 0.25) is 0 Å². The molecule has 4 aromatic rings. The monoisotopic (exact) mass is 424 g/mol. The first-order valence-corrected chi connectivity index (χ1v) is 10.8. The van der Waals surface area contributed by atoms with Gasteiger partial charge in [-0.05, 0) is 61.0 Å². The molecule has 1 aromatic heterocycles. The van der Waals surface area contributed by atoms with E-state index >= 15 is 0 Å². The highest BCUT2D eigenvalue weighted by Crippen LogP contribution is 2.44. The summed E-state index contributed by atoms with van der Waals surface area (Å²) >= 11 is 1.74. The Morgan fingerprint density at radius 3 is 2.52 bits per heavy atom. The lowest BCUT2D eigenvalue weighted by molar-refractivity contribution is 0.0955. The number of carbonyl (C=O) groups is 1. The van der Waals surface area contributed by atoms with Crippen LogP contribution in [0, 0.1) is 0 Å². The second-order valence-corrected chi connectivity index (χ2v) is 8.26. The highest BCUT2D eigenvalue weighted by molar-refractivity contribution is 7.99. The molecule has 6 heteroatoms. The molecule has 0 spiro atoms. The summed E-state index contributed by atoms with van der Waals surface area (Å²) in [7, 11) is 0. The number of para-hydroxylation sites is 2. The Bertz CT molecular complexity index is 1290. The average Bonchev–Trinajstić information content (AvgIpc) is 3.35. The van der Waals surface area contributed by atoms with E-state index in [0.29, 0.717) is 5.56 Å². The molecule has 3 aromatic carbocycles. The number of fused-ring (bicyclic) bond motifs is 2. The molecule has 1 aliphatic heterocycles. The highest BCUT2D eigenvalue weighted by atomic mass is 32.2. The summed E-state index contributed by atoms with van der Waals surface area (Å²) in [5.41, 5.74) is 7.91. The molecule has 0 unspecified atom stereocenters. The largest absolute Gasteiger partial charge is 0.354 e. The van der Waals surface area contributed by atoms with E-state index in [0.717, 1.165) is 28.3 Å². The minimum absolute atomic E-state index is 0.246. The number of hydrogen-bond acceptors (Lipinski definition) is 4. The lowest BCUT2D eigenvalue weighted by Gasteiger charge is -2.21. The van der Waals surface area contributed by atoms with Crippen molar-refractivity contribution in [1.82, 2.24) is 9.99 Å². The van der Waals surface area contributed by atoms with Crippen LogP contribution in [0.4, 0.5) is 11.4 Å². The van der Waals surface area contributed by atoms with Crippen LogP contribution in [0.1, 0.15) is 22.8 Å². The van der Waals surface area contributed by atoms with Crippen molar-refractivity contribution in [2.75, 3.05) is 5.32 Å². The first kappa shape index (κ1) is 19.2. The Balaban J connectivity index is 1.36. The van der Waals surface area contributed by atoms with Crippen LogP contribution in [0.3, 0.4) is 0 Å². The van der Waals surface area contributed by atoms with Crippen LogP contribution in [0.15, 0.2) is 106 Å². The molecule has 1 aliphatic rings. The number of nitrogens with zero attached hydrogens (tertiary/aromatic N) is 2. The lowest BCUT2D eigenvalue weighted by atomic mass is 10.1. The van der Waals surface area contributed by atoms with Crippen LogP contribution < -0.4 is 10.7 Å². The number of anilines is 2. The minimum atomic E-state index is -0.246. The molecule has 0 bridgehead atoms. The molecule has 5 rings (SSSR count). The predicted octanol–water partition coefficient (Wildman–Crippen LogP) is 5.84. The van der Waals surface area contributed by atoms with Crippen LogP contribution in [-0.4, -0.2) is 16.2 Å². The van der Waals surface area contributed by atoms with Gasteiger partial charge in [-0.25, -0.2) is 5.43 Å². The van der Waals surface area contributed by atoms with Gasteiger partial charge in [-0.15, -0.1) is 0 Å². The van der Waals surface area contributed by atoms with Gasteiger partial charge in [0.2, 0.25) is 0 Å². The number of hydrazone groups is 1. The van der Waals surface area contributed by atoms with Gasteiger partial charge in [0.1, 0.15) is 0 Å². The van der Waals surface area contributed by atoms with Crippen molar-refractivity contribution >= 4 is 34.8 Å². The molecule has 2 N–H and O–H groups in total. The predicted molar refractivity (Wildman–Crippen MR) is 126 cm³/mol. The molecule has 0 saturated heterocycles. The Labute approximate surface area is 184 Å². The van der Waals surface area contributed by atoms with Gasteiger partial charge in [-0.3, -0.25) is 4.79 Å². The lowest BCUT2D eigenvalue weighted by Crippen LogP contribution is -2.21. The third-order valence-electron chi connectivity index (χ3n) is 5.13. The summed E-state index contributed by atoms with van der Waals surface area (Å²) in [6.07, 6.45) is 3.83. The summed E-state index contributed by atoms with van der Waals surface area (Å²) in [6, 6.07) is 25.8. The maximum Gasteiger partial charge on any atom is 0.273 e. The summed E-state index contributed by atoms with van der Waals surface area (Å²) in [4.78, 5) is 15.2. The van der Waals surface area contributed by atoms with Gasteiger partial charge in [0.05, 0.1) is 28.3 Å². The minimum Gasteiger partial charge on any atom is -0.354 e. The molecule has 5 nitrogen and oxygen atoms in total. The van der Waals surface area contributed by atoms with Crippen molar-refractivity contribution in [2.45, 2.75) is 16.7 Å². The Hall–Kier alpha value is -3.77. The van der Waals surface area contributed by atoms with Crippen molar-refractivity contribution in [3.63, 3.8) is 0 Å². The zero-order valence-corrected chi connectivity index (χ0v) is 17.7. The standard InChI is InChI=1S/C25H20N4OS/c1-17(18-12-13-24-21(16-18)26-20-9-3-5-11-23(20)31-24)27-28-25(30)19-8-2-4-10-22(19)29-14-6-7-15-29/h2-16,26H,1H3,(H,28,30)/b27-17+. The number of nitrogens with one attached hydrogen (secondary N) is 2. The normalized spacial score (nSPS) is 12.5. The summed E-state index contributed by atoms with van der Waals surface area (Å²) in [5, 5.41) is 7.84. The maximum absolute atomic E-state index is 12.8. The van der Waals surface area contributed by atoms with E-state index < -0.39 is 0 Å². The third-order valence-corrected chi connectivity index (χ3v) is 6.28. The summed E-state index contributed by atoms with van der Waals surface area (Å²) in [5.74, 6) is -0.246. The van der Waals surface area contributed by atoms with Gasteiger partial charge in [0.15, 0.2) is 0 Å². The van der Waals surface area contributed by atoms with E-state index in [4.69, 9.17) is 0 Å². The van der Waals surface area contributed by atoms with Gasteiger partial charge >= 0.3 is 0 Å². The van der Waals surface area contributed by atoms with Crippen molar-refractivity contribution in [2.24, 2.45) is 5.10 Å². The molecule has 1 amide bonds. The van der Waals surface area contributed by atoms with E-state index in [1.165, 1.54) is 9.79 Å². The molecule has 0 aliphatic carbocycles. The van der Waals surface area contributed by atoms with Crippen molar-refractivity contribution in [3.05, 3.63) is 102 Å². The molecule has 0 atom stereocenters. The molecular weight excluding hydrogens is 404 g/mol. The SMILES string of the molecule is C/C(=N\NC(=O)c1ccccc1-n1cccc1)c1ccc2c(c1)Nc1ccccc1S2. The fourth-order valence-electron chi connectivity index (χ4n) is 3.51. The fourth-order valence-corrected chi connectivity index (χ4v) is 4.48. The Kier molecular flexibility index (Phi) is 5.06. The molecule has 0 saturated carbocycles. The van der Waals surface area contributed by atoms with Gasteiger partial charge in [0.25, 0.3) is 5.91 Å². The summed E-state index contributed by atoms with van der Waals surface area (Å²) in [6.45, 7) is 1.89. The van der Waals surface area contributed by atoms with Gasteiger partial charge < -0.3 is 9.88 Å². The van der Waals surface area contributed by atoms with E-state index in [2.05, 4.69) is 40.1 Å². The maximum atomic E-state index is 12.8. The topological polar surface area (TPSA) is 58.4 Å². The van der Waals surface area contributed by atoms with Crippen LogP contribution in [-0.2, 0) is 0 Å². The van der Waals surface area contributed by atoms with Crippen LogP contribution in [0.25, 0.3) is 5.69 Å². The molecule has 2 heterocycles. The van der Waals surface area contributed by atoms with Gasteiger partial charge in [-0.1, -0.05) is 42.1 Å². The van der Waals surface area contributed by atoms with Crippen LogP contribution in [0.5, 0.6) is 0 Å². The van der Waals surface area contributed by atoms with Gasteiger partial charge in [0, 0.05) is 22.2 Å². The van der Waals surface area contributed by atoms with E-state index in [-0.39, 0.29) is 5.91 Å². The average molecular weight is 425 g/mol. The molecular formula is C25H20N4OS. The van der Waals surface area contributed by atoms with Crippen LogP contribution >= 0.6 is 11.8 Å². The smallest absolute Gasteiger partial charge is 0.273 e. The van der Waals surface area contributed by atoms with E-state index in [1.54, 1.807) is 17.8 Å². The van der Waals surface area contributed by atoms with E-state index in [9.17, 15) is 4.79 Å². The molecule has 0 radical (unpaired) electrons. The third kappa shape index (κ3) is 3.85. The highest BCUT2D eigenvalue weighted by Gasteiger charge is 2.16. The Morgan fingerprint density at radius 2 is 1.65 bits per heavy atom. The molecule has 152 valence electrons. The molecule has 31 heavy (non-hydrogen) atoms. The van der Waals surface area contributed by atoms with Crippen molar-refractivity contribution in [1.29, 1.82) is 0 Å². The van der Waals surface area contributed by atoms with Gasteiger partial charge in [-0.2, -0.15) is 5.10 Å². The number of rotatable bonds is 4. The number of benzene rings is 3. The number of carbonyl (C=O) groups excluding carboxylic acids is 1. The number of hydrogen-bond donors (Lipinski definition) is 2. The molecule has 0 fully saturated rings. The van der Waals surface area contributed by atoms with Crippen molar-refractivity contribution < 1.29 is 4.79 Å². The Morgan fingerprint density at radius 1 is 0.903 bits per heavy atom. The number of amides is 1. The van der Waals surface area contributed by atoms with E-state index in [1.807, 2.05) is 72.4 Å². The zero-order valence-electron chi connectivity index (χ0n) is 16.9. The summed E-state index contributed by atoms with van der Waals surface area (Å²) < 4.78 is 1.91. The second-order valence-electron chi connectivity index (χ2n) is 7.18. The zero-order chi connectivity index (χ0) is 21.2. The number of aromatic nitrogens is 1. The quantitative estimate of drug-likeness (QED) is 0.281. The fraction of sp³-hybridized carbons (Fsp3) is 0.0400.